The summed E-state index contributed by atoms with van der Waals surface area (Å²) in [5.74, 6) is 1.47. The molecule has 94 valence electrons. The molecule has 0 aliphatic carbocycles. The first kappa shape index (κ1) is 13.5. The summed E-state index contributed by atoms with van der Waals surface area (Å²) in [5, 5.41) is 9.13. The van der Waals surface area contributed by atoms with Crippen molar-refractivity contribution in [3.63, 3.8) is 0 Å². The van der Waals surface area contributed by atoms with Crippen molar-refractivity contribution >= 4 is 6.21 Å². The number of aliphatic imine (C=N–C) groups is 1. The number of aliphatic hydroxyl groups excluding tert-OH is 1. The highest BCUT2D eigenvalue weighted by Crippen LogP contribution is 2.23. The van der Waals surface area contributed by atoms with E-state index >= 15 is 0 Å². The summed E-state index contributed by atoms with van der Waals surface area (Å²) >= 11 is 0. The molecular weight excluding hydrogens is 218 g/mol. The van der Waals surface area contributed by atoms with Gasteiger partial charge in [-0.15, -0.1) is 0 Å². The number of hydrogen-bond acceptors (Lipinski definition) is 4. The summed E-state index contributed by atoms with van der Waals surface area (Å²) < 4.78 is 10.4. The molecule has 4 nitrogen and oxygen atoms in total. The highest BCUT2D eigenvalue weighted by molar-refractivity contribution is 5.84. The van der Waals surface area contributed by atoms with Crippen LogP contribution in [0, 0.1) is 0 Å². The van der Waals surface area contributed by atoms with E-state index in [9.17, 15) is 0 Å². The molecule has 0 atom stereocenters. The number of hydrogen-bond donors (Lipinski definition) is 1. The molecule has 1 aromatic rings. The third-order valence-corrected chi connectivity index (χ3v) is 2.38. The maximum absolute atomic E-state index is 9.13. The Morgan fingerprint density at radius 2 is 2.00 bits per heavy atom. The van der Waals surface area contributed by atoms with Gasteiger partial charge in [0.15, 0.2) is 0 Å². The predicted molar refractivity (Wildman–Crippen MR) is 68.3 cm³/mol. The van der Waals surface area contributed by atoms with Crippen LogP contribution in [0.15, 0.2) is 23.2 Å². The lowest BCUT2D eigenvalue weighted by atomic mass is 10.1. The first-order valence-electron chi connectivity index (χ1n) is 5.40. The monoisotopic (exact) mass is 237 g/mol. The molecule has 0 saturated heterocycles. The second kappa shape index (κ2) is 5.68. The fourth-order valence-corrected chi connectivity index (χ4v) is 1.23. The number of ether oxygens (including phenoxy) is 2. The fourth-order valence-electron chi connectivity index (χ4n) is 1.23. The summed E-state index contributed by atoms with van der Waals surface area (Å²) in [6.07, 6.45) is 1.69. The largest absolute Gasteiger partial charge is 0.497 e. The Hall–Kier alpha value is -1.55. The molecule has 0 aliphatic heterocycles. The number of benzene rings is 1. The number of rotatable bonds is 5. The number of nitrogens with zero attached hydrogens (tertiary/aromatic N) is 1. The Morgan fingerprint density at radius 1 is 1.29 bits per heavy atom. The van der Waals surface area contributed by atoms with Gasteiger partial charge in [0, 0.05) is 11.8 Å². The summed E-state index contributed by atoms with van der Waals surface area (Å²) in [5.41, 5.74) is 0.335. The van der Waals surface area contributed by atoms with Crippen molar-refractivity contribution in [3.8, 4) is 11.5 Å². The molecule has 4 heteroatoms. The Labute approximate surface area is 102 Å². The van der Waals surface area contributed by atoms with Crippen molar-refractivity contribution in [1.82, 2.24) is 0 Å². The highest BCUT2D eigenvalue weighted by atomic mass is 16.5. The zero-order chi connectivity index (χ0) is 12.9. The molecule has 0 bridgehead atoms. The van der Waals surface area contributed by atoms with Crippen molar-refractivity contribution in [3.05, 3.63) is 23.8 Å². The Balaban J connectivity index is 3.03. The van der Waals surface area contributed by atoms with Crippen molar-refractivity contribution in [2.45, 2.75) is 19.4 Å². The molecule has 0 fully saturated rings. The minimum absolute atomic E-state index is 0.00418. The summed E-state index contributed by atoms with van der Waals surface area (Å²) in [6.45, 7) is 3.71. The second-order valence-corrected chi connectivity index (χ2v) is 4.34. The topological polar surface area (TPSA) is 51.0 Å². The van der Waals surface area contributed by atoms with Crippen LogP contribution in [0.5, 0.6) is 11.5 Å². The van der Waals surface area contributed by atoms with Gasteiger partial charge >= 0.3 is 0 Å². The maximum atomic E-state index is 9.13. The van der Waals surface area contributed by atoms with Crippen molar-refractivity contribution in [2.24, 2.45) is 4.99 Å². The third-order valence-electron chi connectivity index (χ3n) is 2.38. The van der Waals surface area contributed by atoms with E-state index in [1.165, 1.54) is 0 Å². The Morgan fingerprint density at radius 3 is 2.53 bits per heavy atom. The van der Waals surface area contributed by atoms with Crippen LogP contribution in [-0.4, -0.2) is 37.7 Å². The van der Waals surface area contributed by atoms with Gasteiger partial charge in [0.2, 0.25) is 0 Å². The van der Waals surface area contributed by atoms with Gasteiger partial charge in [0.05, 0.1) is 26.4 Å². The van der Waals surface area contributed by atoms with E-state index in [2.05, 4.69) is 4.99 Å². The smallest absolute Gasteiger partial charge is 0.127 e. The van der Waals surface area contributed by atoms with E-state index in [-0.39, 0.29) is 6.61 Å². The number of aliphatic hydroxyl groups is 1. The van der Waals surface area contributed by atoms with Gasteiger partial charge in [0.1, 0.15) is 11.5 Å². The molecule has 0 radical (unpaired) electrons. The highest BCUT2D eigenvalue weighted by Gasteiger charge is 2.13. The Bertz CT molecular complexity index is 400. The molecule has 0 saturated carbocycles. The fraction of sp³-hybridized carbons (Fsp3) is 0.462. The minimum atomic E-state index is -0.492. The molecule has 0 heterocycles. The van der Waals surface area contributed by atoms with E-state index in [4.69, 9.17) is 14.6 Å². The zero-order valence-electron chi connectivity index (χ0n) is 10.7. The van der Waals surface area contributed by atoms with Crippen molar-refractivity contribution in [1.29, 1.82) is 0 Å². The SMILES string of the molecule is COc1ccc(OC)c(C=NC(C)(C)CO)c1. The average Bonchev–Trinajstić information content (AvgIpc) is 2.36. The molecule has 1 aromatic carbocycles. The normalized spacial score (nSPS) is 11.8. The van der Waals surface area contributed by atoms with Crippen molar-refractivity contribution in [2.75, 3.05) is 20.8 Å². The van der Waals surface area contributed by atoms with E-state index in [1.54, 1.807) is 20.4 Å². The van der Waals surface area contributed by atoms with E-state index < -0.39 is 5.54 Å². The third kappa shape index (κ3) is 3.75. The summed E-state index contributed by atoms with van der Waals surface area (Å²) in [4.78, 5) is 4.32. The summed E-state index contributed by atoms with van der Waals surface area (Å²) in [7, 11) is 3.22. The second-order valence-electron chi connectivity index (χ2n) is 4.34. The van der Waals surface area contributed by atoms with Gasteiger partial charge in [-0.1, -0.05) is 0 Å². The van der Waals surface area contributed by atoms with Gasteiger partial charge in [-0.25, -0.2) is 0 Å². The van der Waals surface area contributed by atoms with Crippen LogP contribution in [0.3, 0.4) is 0 Å². The lowest BCUT2D eigenvalue weighted by Gasteiger charge is -2.15. The molecule has 0 aromatic heterocycles. The molecule has 17 heavy (non-hydrogen) atoms. The van der Waals surface area contributed by atoms with Crippen LogP contribution >= 0.6 is 0 Å². The molecule has 0 spiro atoms. The van der Waals surface area contributed by atoms with Crippen LogP contribution < -0.4 is 9.47 Å². The van der Waals surface area contributed by atoms with Gasteiger partial charge in [-0.05, 0) is 32.0 Å². The van der Waals surface area contributed by atoms with E-state index in [0.717, 1.165) is 17.1 Å². The average molecular weight is 237 g/mol. The molecular formula is C13H19NO3. The molecule has 1 N–H and O–H groups in total. The van der Waals surface area contributed by atoms with Gasteiger partial charge in [-0.2, -0.15) is 0 Å². The van der Waals surface area contributed by atoms with Gasteiger partial charge in [-0.3, -0.25) is 4.99 Å². The summed E-state index contributed by atoms with van der Waals surface area (Å²) in [6, 6.07) is 5.50. The standard InChI is InChI=1S/C13H19NO3/c1-13(2,9-15)14-8-10-7-11(16-3)5-6-12(10)17-4/h5-8,15H,9H2,1-4H3. The van der Waals surface area contributed by atoms with Gasteiger partial charge < -0.3 is 14.6 Å². The predicted octanol–water partition coefficient (Wildman–Crippen LogP) is 1.89. The van der Waals surface area contributed by atoms with Crippen LogP contribution in [0.2, 0.25) is 0 Å². The van der Waals surface area contributed by atoms with Crippen LogP contribution in [0.1, 0.15) is 19.4 Å². The van der Waals surface area contributed by atoms with Crippen LogP contribution in [0.4, 0.5) is 0 Å². The molecule has 0 unspecified atom stereocenters. The number of methoxy groups -OCH3 is 2. The quantitative estimate of drug-likeness (QED) is 0.796. The first-order valence-corrected chi connectivity index (χ1v) is 5.40. The van der Waals surface area contributed by atoms with Crippen molar-refractivity contribution < 1.29 is 14.6 Å². The van der Waals surface area contributed by atoms with E-state index in [0.29, 0.717) is 0 Å². The van der Waals surface area contributed by atoms with Crippen LogP contribution in [-0.2, 0) is 0 Å². The lowest BCUT2D eigenvalue weighted by molar-refractivity contribution is 0.223. The Kier molecular flexibility index (Phi) is 4.52. The molecule has 1 rings (SSSR count). The molecule has 0 amide bonds. The van der Waals surface area contributed by atoms with Gasteiger partial charge in [0.25, 0.3) is 0 Å². The van der Waals surface area contributed by atoms with E-state index in [1.807, 2.05) is 32.0 Å². The zero-order valence-corrected chi connectivity index (χ0v) is 10.7. The first-order chi connectivity index (χ1) is 8.02. The molecule has 0 aliphatic rings. The maximum Gasteiger partial charge on any atom is 0.127 e. The van der Waals surface area contributed by atoms with Crippen LogP contribution in [0.25, 0.3) is 0 Å². The minimum Gasteiger partial charge on any atom is -0.497 e. The lowest BCUT2D eigenvalue weighted by Crippen LogP contribution is -2.22.